The van der Waals surface area contributed by atoms with Crippen LogP contribution in [0.5, 0.6) is 0 Å². The maximum Gasteiger partial charge on any atom is 0.162 e. The second-order valence-electron chi connectivity index (χ2n) is 6.23. The molecule has 0 amide bonds. The summed E-state index contributed by atoms with van der Waals surface area (Å²) in [6.07, 6.45) is 13.0. The first-order valence-electron chi connectivity index (χ1n) is 8.54. The summed E-state index contributed by atoms with van der Waals surface area (Å²) in [6.45, 7) is 4.15. The number of allylic oxidation sites excluding steroid dienone is 2. The molecule has 0 heterocycles. The molecule has 2 rings (SSSR count). The van der Waals surface area contributed by atoms with Crippen molar-refractivity contribution in [3.63, 3.8) is 0 Å². The number of benzene rings is 1. The van der Waals surface area contributed by atoms with E-state index in [-0.39, 0.29) is 5.78 Å². The minimum absolute atomic E-state index is 0.242. The molecule has 0 unspecified atom stereocenters. The molecule has 0 spiro atoms. The summed E-state index contributed by atoms with van der Waals surface area (Å²) < 4.78 is 0. The lowest BCUT2D eigenvalue weighted by Crippen LogP contribution is -2.12. The fourth-order valence-corrected chi connectivity index (χ4v) is 3.25. The van der Waals surface area contributed by atoms with Crippen LogP contribution in [-0.4, -0.2) is 5.78 Å². The maximum absolute atomic E-state index is 11.7. The Morgan fingerprint density at radius 1 is 1.10 bits per heavy atom. The van der Waals surface area contributed by atoms with Gasteiger partial charge < -0.3 is 0 Å². The summed E-state index contributed by atoms with van der Waals surface area (Å²) in [6, 6.07) is 8.35. The highest BCUT2D eigenvalue weighted by Gasteiger charge is 2.20. The molecule has 21 heavy (non-hydrogen) atoms. The van der Waals surface area contributed by atoms with Crippen molar-refractivity contribution in [2.24, 2.45) is 5.92 Å². The number of carbonyl (C=O) groups excluding carboxylic acids is 1. The average molecular weight is 284 g/mol. The topological polar surface area (TPSA) is 17.1 Å². The van der Waals surface area contributed by atoms with Crippen molar-refractivity contribution in [1.82, 2.24) is 0 Å². The Balaban J connectivity index is 1.88. The molecule has 114 valence electrons. The second kappa shape index (κ2) is 8.17. The van der Waals surface area contributed by atoms with Crippen LogP contribution in [0.25, 0.3) is 0 Å². The predicted octanol–water partition coefficient (Wildman–Crippen LogP) is 5.91. The van der Waals surface area contributed by atoms with E-state index in [9.17, 15) is 4.79 Å². The number of rotatable bonds is 6. The first kappa shape index (κ1) is 16.0. The molecular weight excluding hydrogens is 256 g/mol. The van der Waals surface area contributed by atoms with Gasteiger partial charge in [0, 0.05) is 12.0 Å². The zero-order valence-corrected chi connectivity index (χ0v) is 13.5. The molecule has 0 radical (unpaired) electrons. The number of Topliss-reactive ketones (excluding diaryl/α,β-unsaturated/α-hetero) is 1. The standard InChI is InChI=1S/C20H28O/c1-3-5-6-7-16-8-10-17(11-9-16)18-12-14-19(15-13-18)20(21)4-2/h6-7,12-17H,3-5,8-11H2,1-2H3. The highest BCUT2D eigenvalue weighted by molar-refractivity contribution is 5.95. The monoisotopic (exact) mass is 284 g/mol. The van der Waals surface area contributed by atoms with Crippen LogP contribution < -0.4 is 0 Å². The van der Waals surface area contributed by atoms with E-state index in [2.05, 4.69) is 31.2 Å². The Kier molecular flexibility index (Phi) is 6.22. The van der Waals surface area contributed by atoms with E-state index >= 15 is 0 Å². The first-order valence-corrected chi connectivity index (χ1v) is 8.54. The first-order chi connectivity index (χ1) is 10.2. The van der Waals surface area contributed by atoms with E-state index in [1.54, 1.807) is 0 Å². The van der Waals surface area contributed by atoms with Crippen molar-refractivity contribution in [2.45, 2.75) is 64.7 Å². The minimum Gasteiger partial charge on any atom is -0.294 e. The van der Waals surface area contributed by atoms with Gasteiger partial charge in [0.1, 0.15) is 0 Å². The lowest BCUT2D eigenvalue weighted by molar-refractivity contribution is 0.0988. The Labute approximate surface area is 129 Å². The van der Waals surface area contributed by atoms with Crippen LogP contribution in [0.1, 0.15) is 80.6 Å². The molecule has 1 fully saturated rings. The summed E-state index contributed by atoms with van der Waals surface area (Å²) in [5.74, 6) is 1.71. The zero-order valence-electron chi connectivity index (χ0n) is 13.5. The van der Waals surface area contributed by atoms with E-state index in [0.29, 0.717) is 12.3 Å². The SMILES string of the molecule is CCCC=CC1CCC(c2ccc(C(=O)CC)cc2)CC1. The largest absolute Gasteiger partial charge is 0.294 e. The Morgan fingerprint density at radius 3 is 2.33 bits per heavy atom. The molecule has 0 aromatic heterocycles. The molecule has 1 aromatic rings. The Bertz CT molecular complexity index is 461. The van der Waals surface area contributed by atoms with E-state index in [4.69, 9.17) is 0 Å². The number of hydrogen-bond acceptors (Lipinski definition) is 1. The third-order valence-corrected chi connectivity index (χ3v) is 4.66. The summed E-state index contributed by atoms with van der Waals surface area (Å²) in [4.78, 5) is 11.7. The minimum atomic E-state index is 0.242. The Morgan fingerprint density at radius 2 is 1.76 bits per heavy atom. The smallest absolute Gasteiger partial charge is 0.162 e. The molecule has 0 bridgehead atoms. The summed E-state index contributed by atoms with van der Waals surface area (Å²) in [5, 5.41) is 0. The second-order valence-corrected chi connectivity index (χ2v) is 6.23. The molecule has 1 heteroatoms. The summed E-state index contributed by atoms with van der Waals surface area (Å²) >= 11 is 0. The van der Waals surface area contributed by atoms with Gasteiger partial charge in [0.05, 0.1) is 0 Å². The molecule has 1 aliphatic carbocycles. The van der Waals surface area contributed by atoms with Crippen molar-refractivity contribution in [3.05, 3.63) is 47.5 Å². The Hall–Kier alpha value is -1.37. The van der Waals surface area contributed by atoms with Gasteiger partial charge in [-0.2, -0.15) is 0 Å². The zero-order chi connectivity index (χ0) is 15.1. The van der Waals surface area contributed by atoms with Gasteiger partial charge in [-0.05, 0) is 49.5 Å². The van der Waals surface area contributed by atoms with Crippen LogP contribution in [0.2, 0.25) is 0 Å². The number of carbonyl (C=O) groups is 1. The predicted molar refractivity (Wildman–Crippen MR) is 89.8 cm³/mol. The van der Waals surface area contributed by atoms with Gasteiger partial charge in [-0.1, -0.05) is 56.7 Å². The van der Waals surface area contributed by atoms with Crippen LogP contribution in [0.15, 0.2) is 36.4 Å². The van der Waals surface area contributed by atoms with E-state index in [0.717, 1.165) is 11.5 Å². The van der Waals surface area contributed by atoms with Crippen LogP contribution in [0.3, 0.4) is 0 Å². The lowest BCUT2D eigenvalue weighted by atomic mass is 9.78. The molecule has 1 aromatic carbocycles. The highest BCUT2D eigenvalue weighted by Crippen LogP contribution is 2.36. The van der Waals surface area contributed by atoms with Crippen LogP contribution in [0.4, 0.5) is 0 Å². The third kappa shape index (κ3) is 4.56. The van der Waals surface area contributed by atoms with Gasteiger partial charge in [-0.15, -0.1) is 0 Å². The number of ketones is 1. The van der Waals surface area contributed by atoms with E-state index < -0.39 is 0 Å². The average Bonchev–Trinajstić information content (AvgIpc) is 2.55. The van der Waals surface area contributed by atoms with E-state index in [1.807, 2.05) is 19.1 Å². The molecule has 1 saturated carbocycles. The third-order valence-electron chi connectivity index (χ3n) is 4.66. The van der Waals surface area contributed by atoms with Crippen LogP contribution >= 0.6 is 0 Å². The normalized spacial score (nSPS) is 22.6. The van der Waals surface area contributed by atoms with Gasteiger partial charge in [-0.25, -0.2) is 0 Å². The van der Waals surface area contributed by atoms with Gasteiger partial charge in [0.25, 0.3) is 0 Å². The summed E-state index contributed by atoms with van der Waals surface area (Å²) in [7, 11) is 0. The quantitative estimate of drug-likeness (QED) is 0.469. The van der Waals surface area contributed by atoms with Gasteiger partial charge in [-0.3, -0.25) is 4.79 Å². The van der Waals surface area contributed by atoms with Gasteiger partial charge >= 0.3 is 0 Å². The maximum atomic E-state index is 11.7. The molecule has 1 aliphatic rings. The van der Waals surface area contributed by atoms with Crippen LogP contribution in [-0.2, 0) is 0 Å². The molecular formula is C20H28O. The van der Waals surface area contributed by atoms with Gasteiger partial charge in [0.15, 0.2) is 5.78 Å². The van der Waals surface area contributed by atoms with Crippen molar-refractivity contribution in [1.29, 1.82) is 0 Å². The lowest BCUT2D eigenvalue weighted by Gasteiger charge is -2.27. The molecule has 0 atom stereocenters. The number of hydrogen-bond donors (Lipinski definition) is 0. The van der Waals surface area contributed by atoms with Crippen molar-refractivity contribution in [2.75, 3.05) is 0 Å². The molecule has 1 nitrogen and oxygen atoms in total. The van der Waals surface area contributed by atoms with E-state index in [1.165, 1.54) is 44.1 Å². The highest BCUT2D eigenvalue weighted by atomic mass is 16.1. The fraction of sp³-hybridized carbons (Fsp3) is 0.550. The van der Waals surface area contributed by atoms with Crippen molar-refractivity contribution >= 4 is 5.78 Å². The van der Waals surface area contributed by atoms with Crippen molar-refractivity contribution < 1.29 is 4.79 Å². The fourth-order valence-electron chi connectivity index (χ4n) is 3.25. The molecule has 0 saturated heterocycles. The van der Waals surface area contributed by atoms with Crippen LogP contribution in [0, 0.1) is 5.92 Å². The molecule has 0 aliphatic heterocycles. The number of unbranched alkanes of at least 4 members (excludes halogenated alkanes) is 1. The van der Waals surface area contributed by atoms with Crippen molar-refractivity contribution in [3.8, 4) is 0 Å². The summed E-state index contributed by atoms with van der Waals surface area (Å²) in [5.41, 5.74) is 2.27. The van der Waals surface area contributed by atoms with Gasteiger partial charge in [0.2, 0.25) is 0 Å². The molecule has 0 N–H and O–H groups in total.